The second-order valence-electron chi connectivity index (χ2n) is 5.74. The van der Waals surface area contributed by atoms with Crippen LogP contribution in [0.1, 0.15) is 45.6 Å². The summed E-state index contributed by atoms with van der Waals surface area (Å²) in [6.07, 6.45) is 3.44. The van der Waals surface area contributed by atoms with E-state index in [-0.39, 0.29) is 5.97 Å². The molecule has 0 aliphatic carbocycles. The normalized spacial score (nSPS) is 12.4. The molecule has 0 amide bonds. The van der Waals surface area contributed by atoms with E-state index < -0.39 is 0 Å². The van der Waals surface area contributed by atoms with Crippen molar-refractivity contribution in [2.24, 2.45) is 11.8 Å². The maximum atomic E-state index is 11.5. The fraction of sp³-hybridized carbons (Fsp3) is 0.588. The van der Waals surface area contributed by atoms with Crippen LogP contribution in [-0.4, -0.2) is 12.6 Å². The molecule has 19 heavy (non-hydrogen) atoms. The topological polar surface area (TPSA) is 26.3 Å². The van der Waals surface area contributed by atoms with Crippen molar-refractivity contribution in [1.29, 1.82) is 0 Å². The van der Waals surface area contributed by atoms with Gasteiger partial charge in [0, 0.05) is 6.42 Å². The molecule has 0 N–H and O–H groups in total. The molecule has 0 spiro atoms. The van der Waals surface area contributed by atoms with E-state index in [2.05, 4.69) is 45.0 Å². The van der Waals surface area contributed by atoms with Crippen molar-refractivity contribution >= 4 is 5.97 Å². The van der Waals surface area contributed by atoms with Crippen LogP contribution in [0.4, 0.5) is 0 Å². The van der Waals surface area contributed by atoms with E-state index in [1.165, 1.54) is 5.56 Å². The van der Waals surface area contributed by atoms with Gasteiger partial charge in [0.25, 0.3) is 0 Å². The number of benzene rings is 1. The summed E-state index contributed by atoms with van der Waals surface area (Å²) in [6.45, 7) is 6.99. The van der Waals surface area contributed by atoms with Gasteiger partial charge in [-0.1, -0.05) is 51.1 Å². The second-order valence-corrected chi connectivity index (χ2v) is 5.74. The highest BCUT2D eigenvalue weighted by Gasteiger charge is 2.07. The molecule has 0 aliphatic rings. The van der Waals surface area contributed by atoms with Crippen LogP contribution < -0.4 is 0 Å². The number of hydrogen-bond acceptors (Lipinski definition) is 2. The van der Waals surface area contributed by atoms with Crippen molar-refractivity contribution in [2.75, 3.05) is 6.61 Å². The lowest BCUT2D eigenvalue weighted by atomic mass is 9.99. The van der Waals surface area contributed by atoms with Crippen LogP contribution in [0.25, 0.3) is 0 Å². The molecule has 1 aromatic rings. The summed E-state index contributed by atoms with van der Waals surface area (Å²) in [6, 6.07) is 10.4. The monoisotopic (exact) mass is 262 g/mol. The summed E-state index contributed by atoms with van der Waals surface area (Å²) in [5.41, 5.74) is 1.35. The zero-order valence-electron chi connectivity index (χ0n) is 12.4. The molecule has 0 bridgehead atoms. The maximum Gasteiger partial charge on any atom is 0.305 e. The first-order valence-electron chi connectivity index (χ1n) is 7.27. The van der Waals surface area contributed by atoms with Crippen LogP contribution >= 0.6 is 0 Å². The standard InChI is InChI=1S/C17H26O2/c1-14(2)9-10-17(18)19-12-11-15(3)13-16-7-5-4-6-8-16/h4-8,14-15H,9-13H2,1-3H3. The Bertz CT molecular complexity index is 357. The van der Waals surface area contributed by atoms with Crippen LogP contribution in [-0.2, 0) is 16.0 Å². The first-order chi connectivity index (χ1) is 9.08. The molecule has 0 saturated heterocycles. The Hall–Kier alpha value is -1.31. The number of carbonyl (C=O) groups is 1. The third kappa shape index (κ3) is 7.66. The fourth-order valence-electron chi connectivity index (χ4n) is 1.97. The quantitative estimate of drug-likeness (QED) is 0.655. The van der Waals surface area contributed by atoms with E-state index in [0.717, 1.165) is 19.3 Å². The largest absolute Gasteiger partial charge is 0.466 e. The summed E-state index contributed by atoms with van der Waals surface area (Å²) >= 11 is 0. The Morgan fingerprint density at radius 1 is 1.11 bits per heavy atom. The van der Waals surface area contributed by atoms with Gasteiger partial charge in [0.15, 0.2) is 0 Å². The van der Waals surface area contributed by atoms with Crippen LogP contribution in [0.2, 0.25) is 0 Å². The van der Waals surface area contributed by atoms with E-state index in [9.17, 15) is 4.79 Å². The number of esters is 1. The average Bonchev–Trinajstić information content (AvgIpc) is 2.37. The Labute approximate surface area is 117 Å². The number of carbonyl (C=O) groups excluding carboxylic acids is 1. The van der Waals surface area contributed by atoms with E-state index in [0.29, 0.717) is 24.9 Å². The van der Waals surface area contributed by atoms with Gasteiger partial charge in [-0.15, -0.1) is 0 Å². The van der Waals surface area contributed by atoms with Crippen molar-refractivity contribution in [3.05, 3.63) is 35.9 Å². The van der Waals surface area contributed by atoms with Gasteiger partial charge < -0.3 is 4.74 Å². The Balaban J connectivity index is 2.13. The van der Waals surface area contributed by atoms with Crippen molar-refractivity contribution in [2.45, 2.75) is 46.5 Å². The lowest BCUT2D eigenvalue weighted by Crippen LogP contribution is -2.10. The lowest BCUT2D eigenvalue weighted by molar-refractivity contribution is -0.144. The summed E-state index contributed by atoms with van der Waals surface area (Å²) < 4.78 is 5.26. The van der Waals surface area contributed by atoms with Gasteiger partial charge in [0.05, 0.1) is 6.61 Å². The van der Waals surface area contributed by atoms with E-state index in [1.54, 1.807) is 0 Å². The molecule has 2 nitrogen and oxygen atoms in total. The van der Waals surface area contributed by atoms with E-state index in [1.807, 2.05) is 6.07 Å². The maximum absolute atomic E-state index is 11.5. The van der Waals surface area contributed by atoms with E-state index >= 15 is 0 Å². The van der Waals surface area contributed by atoms with Gasteiger partial charge in [-0.2, -0.15) is 0 Å². The van der Waals surface area contributed by atoms with Crippen molar-refractivity contribution in [3.63, 3.8) is 0 Å². The van der Waals surface area contributed by atoms with Crippen molar-refractivity contribution in [3.8, 4) is 0 Å². The minimum Gasteiger partial charge on any atom is -0.466 e. The lowest BCUT2D eigenvalue weighted by Gasteiger charge is -2.12. The first-order valence-corrected chi connectivity index (χ1v) is 7.27. The zero-order chi connectivity index (χ0) is 14.1. The minimum absolute atomic E-state index is 0.0550. The fourth-order valence-corrected chi connectivity index (χ4v) is 1.97. The molecule has 1 rings (SSSR count). The summed E-state index contributed by atoms with van der Waals surface area (Å²) in [7, 11) is 0. The molecule has 0 heterocycles. The summed E-state index contributed by atoms with van der Waals surface area (Å²) in [5, 5.41) is 0. The van der Waals surface area contributed by atoms with Crippen LogP contribution in [0.15, 0.2) is 30.3 Å². The number of hydrogen-bond donors (Lipinski definition) is 0. The predicted molar refractivity (Wildman–Crippen MR) is 79.0 cm³/mol. The molecular formula is C17H26O2. The van der Waals surface area contributed by atoms with Gasteiger partial charge in [0.2, 0.25) is 0 Å². The molecule has 1 unspecified atom stereocenters. The number of ether oxygens (including phenoxy) is 1. The first kappa shape index (κ1) is 15.7. The smallest absolute Gasteiger partial charge is 0.305 e. The van der Waals surface area contributed by atoms with Gasteiger partial charge >= 0.3 is 5.97 Å². The number of rotatable bonds is 8. The molecule has 1 atom stereocenters. The SMILES string of the molecule is CC(C)CCC(=O)OCCC(C)Cc1ccccc1. The highest BCUT2D eigenvalue weighted by Crippen LogP contribution is 2.12. The van der Waals surface area contributed by atoms with Gasteiger partial charge in [-0.25, -0.2) is 0 Å². The molecule has 1 aromatic carbocycles. The molecule has 0 aliphatic heterocycles. The molecule has 0 aromatic heterocycles. The highest BCUT2D eigenvalue weighted by atomic mass is 16.5. The molecule has 0 saturated carbocycles. The molecular weight excluding hydrogens is 236 g/mol. The van der Waals surface area contributed by atoms with E-state index in [4.69, 9.17) is 4.74 Å². The summed E-state index contributed by atoms with van der Waals surface area (Å²) in [4.78, 5) is 11.5. The summed E-state index contributed by atoms with van der Waals surface area (Å²) in [5.74, 6) is 1.05. The molecule has 2 heteroatoms. The molecule has 0 radical (unpaired) electrons. The van der Waals surface area contributed by atoms with Gasteiger partial charge in [-0.05, 0) is 36.7 Å². The van der Waals surface area contributed by atoms with Crippen LogP contribution in [0.3, 0.4) is 0 Å². The van der Waals surface area contributed by atoms with Crippen molar-refractivity contribution < 1.29 is 9.53 Å². The van der Waals surface area contributed by atoms with Crippen molar-refractivity contribution in [1.82, 2.24) is 0 Å². The molecule has 0 fully saturated rings. The van der Waals surface area contributed by atoms with Crippen LogP contribution in [0.5, 0.6) is 0 Å². The predicted octanol–water partition coefficient (Wildman–Crippen LogP) is 4.23. The van der Waals surface area contributed by atoms with Gasteiger partial charge in [0.1, 0.15) is 0 Å². The second kappa shape index (κ2) is 8.73. The Kier molecular flexibility index (Phi) is 7.24. The average molecular weight is 262 g/mol. The third-order valence-corrected chi connectivity index (χ3v) is 3.23. The highest BCUT2D eigenvalue weighted by molar-refractivity contribution is 5.69. The minimum atomic E-state index is -0.0550. The van der Waals surface area contributed by atoms with Crippen LogP contribution in [0, 0.1) is 11.8 Å². The third-order valence-electron chi connectivity index (χ3n) is 3.23. The van der Waals surface area contributed by atoms with Gasteiger partial charge in [-0.3, -0.25) is 4.79 Å². The zero-order valence-corrected chi connectivity index (χ0v) is 12.4. The molecule has 106 valence electrons. The Morgan fingerprint density at radius 2 is 1.79 bits per heavy atom. The Morgan fingerprint density at radius 3 is 2.42 bits per heavy atom.